The van der Waals surface area contributed by atoms with Crippen LogP contribution in [0, 0.1) is 5.92 Å². The third kappa shape index (κ3) is 4.15. The van der Waals surface area contributed by atoms with E-state index in [0.29, 0.717) is 17.0 Å². The maximum absolute atomic E-state index is 13.0. The number of hydrogen-bond acceptors (Lipinski definition) is 6. The Morgan fingerprint density at radius 3 is 2.68 bits per heavy atom. The van der Waals surface area contributed by atoms with Gasteiger partial charge in [0, 0.05) is 24.7 Å². The highest BCUT2D eigenvalue weighted by Gasteiger charge is 2.23. The fourth-order valence-electron chi connectivity index (χ4n) is 3.75. The van der Waals surface area contributed by atoms with Crippen LogP contribution >= 0.6 is 11.3 Å². The van der Waals surface area contributed by atoms with Crippen LogP contribution < -0.4 is 10.9 Å². The number of nitrogens with zero attached hydrogens (tertiary/aromatic N) is 3. The molecule has 0 fully saturated rings. The summed E-state index contributed by atoms with van der Waals surface area (Å²) < 4.78 is 26.7. The summed E-state index contributed by atoms with van der Waals surface area (Å²) in [5.74, 6) is 0.219. The molecule has 1 unspecified atom stereocenters. The fourth-order valence-corrected chi connectivity index (χ4v) is 6.00. The van der Waals surface area contributed by atoms with Gasteiger partial charge in [0.2, 0.25) is 15.9 Å². The summed E-state index contributed by atoms with van der Waals surface area (Å²) in [5, 5.41) is 3.34. The summed E-state index contributed by atoms with van der Waals surface area (Å²) in [6, 6.07) is 5.91. The van der Waals surface area contributed by atoms with Gasteiger partial charge >= 0.3 is 0 Å². The number of rotatable bonds is 5. The number of carbonyl (C=O) groups excluding carboxylic acids is 1. The lowest BCUT2D eigenvalue weighted by molar-refractivity contribution is -0.116. The molecule has 4 rings (SSSR count). The van der Waals surface area contributed by atoms with Crippen molar-refractivity contribution in [2.75, 3.05) is 19.4 Å². The standard InChI is InChI=1S/C21H24N4O4S2/c1-13-4-9-16-17(10-13)30-20-19(16)21(27)25(12-22-20)11-18(26)23-14-5-7-15(8-6-14)31(28,29)24(2)3/h5-8,12-13H,4,9-11H2,1-3H3,(H,23,26). The highest BCUT2D eigenvalue weighted by molar-refractivity contribution is 7.89. The van der Waals surface area contributed by atoms with Gasteiger partial charge in [0.1, 0.15) is 11.4 Å². The van der Waals surface area contributed by atoms with Crippen molar-refractivity contribution in [1.82, 2.24) is 13.9 Å². The van der Waals surface area contributed by atoms with Crippen LogP contribution in [-0.2, 0) is 34.2 Å². The highest BCUT2D eigenvalue weighted by atomic mass is 32.2. The van der Waals surface area contributed by atoms with E-state index in [1.54, 1.807) is 11.3 Å². The zero-order valence-electron chi connectivity index (χ0n) is 17.6. The van der Waals surface area contributed by atoms with E-state index in [-0.39, 0.29) is 22.9 Å². The number of hydrogen-bond donors (Lipinski definition) is 1. The van der Waals surface area contributed by atoms with E-state index < -0.39 is 10.0 Å². The van der Waals surface area contributed by atoms with Crippen LogP contribution in [0.2, 0.25) is 0 Å². The lowest BCUT2D eigenvalue weighted by atomic mass is 9.89. The number of thiophene rings is 1. The Hall–Kier alpha value is -2.56. The number of aryl methyl sites for hydroxylation is 1. The van der Waals surface area contributed by atoms with Gasteiger partial charge in [-0.15, -0.1) is 11.3 Å². The number of amides is 1. The number of carbonyl (C=O) groups is 1. The smallest absolute Gasteiger partial charge is 0.262 e. The molecule has 1 atom stereocenters. The summed E-state index contributed by atoms with van der Waals surface area (Å²) in [7, 11) is -0.621. The lowest BCUT2D eigenvalue weighted by Gasteiger charge is -2.17. The summed E-state index contributed by atoms with van der Waals surface area (Å²) in [6.45, 7) is 2.05. The molecule has 31 heavy (non-hydrogen) atoms. The van der Waals surface area contributed by atoms with E-state index in [0.717, 1.165) is 34.0 Å². The van der Waals surface area contributed by atoms with Crippen molar-refractivity contribution < 1.29 is 13.2 Å². The fraction of sp³-hybridized carbons (Fsp3) is 0.381. The van der Waals surface area contributed by atoms with Gasteiger partial charge in [0.05, 0.1) is 16.6 Å². The van der Waals surface area contributed by atoms with Crippen LogP contribution in [0.1, 0.15) is 23.8 Å². The van der Waals surface area contributed by atoms with E-state index in [1.165, 1.54) is 54.1 Å². The number of sulfonamides is 1. The quantitative estimate of drug-likeness (QED) is 0.630. The van der Waals surface area contributed by atoms with Crippen molar-refractivity contribution in [3.63, 3.8) is 0 Å². The van der Waals surface area contributed by atoms with Crippen LogP contribution in [0.5, 0.6) is 0 Å². The third-order valence-corrected chi connectivity index (χ3v) is 8.50. The molecule has 1 N–H and O–H groups in total. The predicted molar refractivity (Wildman–Crippen MR) is 121 cm³/mol. The molecule has 0 saturated heterocycles. The molecule has 0 radical (unpaired) electrons. The Labute approximate surface area is 184 Å². The molecule has 10 heteroatoms. The summed E-state index contributed by atoms with van der Waals surface area (Å²) >= 11 is 1.58. The first kappa shape index (κ1) is 21.7. The van der Waals surface area contributed by atoms with Gasteiger partial charge in [-0.25, -0.2) is 17.7 Å². The molecule has 2 aromatic heterocycles. The summed E-state index contributed by atoms with van der Waals surface area (Å²) in [4.78, 5) is 32.1. The maximum atomic E-state index is 13.0. The van der Waals surface area contributed by atoms with Gasteiger partial charge in [-0.05, 0) is 55.0 Å². The van der Waals surface area contributed by atoms with Crippen LogP contribution in [0.3, 0.4) is 0 Å². The van der Waals surface area contributed by atoms with Gasteiger partial charge in [-0.3, -0.25) is 14.2 Å². The van der Waals surface area contributed by atoms with Gasteiger partial charge in [0.25, 0.3) is 5.56 Å². The van der Waals surface area contributed by atoms with E-state index in [9.17, 15) is 18.0 Å². The third-order valence-electron chi connectivity index (χ3n) is 5.51. The average molecular weight is 461 g/mol. The predicted octanol–water partition coefficient (Wildman–Crippen LogP) is 2.47. The Bertz CT molecular complexity index is 1310. The van der Waals surface area contributed by atoms with Crippen molar-refractivity contribution in [2.24, 2.45) is 5.92 Å². The Morgan fingerprint density at radius 1 is 1.29 bits per heavy atom. The molecule has 8 nitrogen and oxygen atoms in total. The molecule has 164 valence electrons. The molecule has 1 aliphatic carbocycles. The van der Waals surface area contributed by atoms with Crippen molar-refractivity contribution in [3.05, 3.63) is 51.4 Å². The maximum Gasteiger partial charge on any atom is 0.262 e. The average Bonchev–Trinajstić information content (AvgIpc) is 3.08. The van der Waals surface area contributed by atoms with Crippen LogP contribution in [0.15, 0.2) is 40.3 Å². The number of aromatic nitrogens is 2. The molecule has 1 aliphatic rings. The SMILES string of the molecule is CC1CCc2c(sc3ncn(CC(=O)Nc4ccc(S(=O)(=O)N(C)C)cc4)c(=O)c23)C1. The first-order valence-corrected chi connectivity index (χ1v) is 12.2. The minimum absolute atomic E-state index is 0.137. The van der Waals surface area contributed by atoms with Gasteiger partial charge in [-0.1, -0.05) is 6.92 Å². The van der Waals surface area contributed by atoms with Crippen LogP contribution in [-0.4, -0.2) is 42.3 Å². The number of anilines is 1. The van der Waals surface area contributed by atoms with Gasteiger partial charge in [0.15, 0.2) is 0 Å². The molecule has 0 aliphatic heterocycles. The first-order valence-electron chi connectivity index (χ1n) is 9.99. The number of benzene rings is 1. The molecule has 1 aromatic carbocycles. The zero-order valence-corrected chi connectivity index (χ0v) is 19.2. The van der Waals surface area contributed by atoms with Crippen molar-refractivity contribution in [3.8, 4) is 0 Å². The second-order valence-electron chi connectivity index (χ2n) is 8.07. The molecule has 0 saturated carbocycles. The van der Waals surface area contributed by atoms with Crippen LogP contribution in [0.25, 0.3) is 10.2 Å². The van der Waals surface area contributed by atoms with E-state index in [2.05, 4.69) is 17.2 Å². The van der Waals surface area contributed by atoms with Crippen LogP contribution in [0.4, 0.5) is 5.69 Å². The molecular formula is C21H24N4O4S2. The minimum atomic E-state index is -3.53. The topological polar surface area (TPSA) is 101 Å². The Morgan fingerprint density at radius 2 is 2.00 bits per heavy atom. The van der Waals surface area contributed by atoms with Gasteiger partial charge < -0.3 is 5.32 Å². The monoisotopic (exact) mass is 460 g/mol. The normalized spacial score (nSPS) is 16.5. The second-order valence-corrected chi connectivity index (χ2v) is 11.3. The molecule has 2 heterocycles. The second kappa shape index (κ2) is 8.18. The molecular weight excluding hydrogens is 436 g/mol. The van der Waals surface area contributed by atoms with Crippen molar-refractivity contribution in [2.45, 2.75) is 37.6 Å². The zero-order chi connectivity index (χ0) is 22.3. The van der Waals surface area contributed by atoms with E-state index in [4.69, 9.17) is 0 Å². The number of nitrogens with one attached hydrogen (secondary N) is 1. The van der Waals surface area contributed by atoms with Crippen molar-refractivity contribution >= 4 is 43.2 Å². The minimum Gasteiger partial charge on any atom is -0.325 e. The highest BCUT2D eigenvalue weighted by Crippen LogP contribution is 2.35. The number of fused-ring (bicyclic) bond motifs is 3. The summed E-state index contributed by atoms with van der Waals surface area (Å²) in [6.07, 6.45) is 4.30. The van der Waals surface area contributed by atoms with Crippen molar-refractivity contribution in [1.29, 1.82) is 0 Å². The van der Waals surface area contributed by atoms with E-state index in [1.807, 2.05) is 0 Å². The van der Waals surface area contributed by atoms with Gasteiger partial charge in [-0.2, -0.15) is 0 Å². The Balaban J connectivity index is 1.53. The largest absolute Gasteiger partial charge is 0.325 e. The Kier molecular flexibility index (Phi) is 5.71. The molecule has 1 amide bonds. The summed E-state index contributed by atoms with van der Waals surface area (Å²) in [5.41, 5.74) is 1.34. The first-order chi connectivity index (χ1) is 14.7. The molecule has 3 aromatic rings. The lowest BCUT2D eigenvalue weighted by Crippen LogP contribution is -2.28. The molecule has 0 spiro atoms. The molecule has 0 bridgehead atoms. The van der Waals surface area contributed by atoms with E-state index >= 15 is 0 Å².